The molecule has 0 aliphatic heterocycles. The summed E-state index contributed by atoms with van der Waals surface area (Å²) < 4.78 is 0. The zero-order chi connectivity index (χ0) is 12.3. The van der Waals surface area contributed by atoms with E-state index in [4.69, 9.17) is 11.5 Å². The Hall–Kier alpha value is -1.32. The topological polar surface area (TPSA) is 86.2 Å². The van der Waals surface area contributed by atoms with Gasteiger partial charge in [0.25, 0.3) is 0 Å². The molecule has 0 radical (unpaired) electrons. The summed E-state index contributed by atoms with van der Waals surface area (Å²) in [4.78, 5) is 23.9. The van der Waals surface area contributed by atoms with E-state index in [-0.39, 0.29) is 28.9 Å². The number of rotatable bonds is 4. The zero-order valence-electron chi connectivity index (χ0n) is 9.95. The van der Waals surface area contributed by atoms with Gasteiger partial charge < -0.3 is 11.5 Å². The number of carbonyl (C=O) groups excluding carboxylic acids is 2. The Morgan fingerprint density at radius 2 is 1.50 bits per heavy atom. The smallest absolute Gasteiger partial charge is 0.190 e. The van der Waals surface area contributed by atoms with Crippen molar-refractivity contribution in [1.82, 2.24) is 0 Å². The van der Waals surface area contributed by atoms with E-state index < -0.39 is 5.92 Å². The average Bonchev–Trinajstić information content (AvgIpc) is 2.28. The van der Waals surface area contributed by atoms with Gasteiger partial charge in [-0.2, -0.15) is 0 Å². The Labute approximate surface area is 96.1 Å². The molecule has 1 aliphatic rings. The van der Waals surface area contributed by atoms with Crippen molar-refractivity contribution in [3.05, 3.63) is 11.4 Å². The molecule has 16 heavy (non-hydrogen) atoms. The molecule has 0 fully saturated rings. The van der Waals surface area contributed by atoms with Gasteiger partial charge in [0.2, 0.25) is 0 Å². The van der Waals surface area contributed by atoms with E-state index in [2.05, 4.69) is 0 Å². The van der Waals surface area contributed by atoms with Gasteiger partial charge >= 0.3 is 0 Å². The highest BCUT2D eigenvalue weighted by molar-refractivity contribution is 6.14. The van der Waals surface area contributed by atoms with Crippen LogP contribution in [0.4, 0.5) is 0 Å². The first-order valence-electron chi connectivity index (χ1n) is 5.87. The molecule has 0 bridgehead atoms. The Morgan fingerprint density at radius 1 is 1.00 bits per heavy atom. The minimum absolute atomic E-state index is 0.0413. The first kappa shape index (κ1) is 12.7. The third-order valence-corrected chi connectivity index (χ3v) is 3.11. The molecule has 0 aromatic rings. The number of Topliss-reactive ketones (excluding diaryl/α,β-unsaturated/α-hetero) is 2. The summed E-state index contributed by atoms with van der Waals surface area (Å²) in [6.45, 7) is 3.94. The molecular weight excluding hydrogens is 204 g/mol. The lowest BCUT2D eigenvalue weighted by Crippen LogP contribution is -2.42. The minimum atomic E-state index is -0.561. The van der Waals surface area contributed by atoms with Crippen molar-refractivity contribution in [2.45, 2.75) is 39.5 Å². The van der Waals surface area contributed by atoms with Gasteiger partial charge in [0.05, 0.1) is 17.5 Å². The van der Waals surface area contributed by atoms with Crippen LogP contribution in [0.15, 0.2) is 11.4 Å². The molecule has 0 aromatic heterocycles. The van der Waals surface area contributed by atoms with E-state index in [0.29, 0.717) is 12.8 Å². The molecule has 0 saturated heterocycles. The molecule has 0 saturated carbocycles. The zero-order valence-corrected chi connectivity index (χ0v) is 9.95. The molecule has 2 atom stereocenters. The summed E-state index contributed by atoms with van der Waals surface area (Å²) in [5, 5.41) is 0. The van der Waals surface area contributed by atoms with Crippen LogP contribution in [0, 0.1) is 11.8 Å². The average molecular weight is 224 g/mol. The normalized spacial score (nSPS) is 26.4. The fourth-order valence-corrected chi connectivity index (χ4v) is 2.19. The molecule has 90 valence electrons. The van der Waals surface area contributed by atoms with Crippen LogP contribution in [0.3, 0.4) is 0 Å². The summed E-state index contributed by atoms with van der Waals surface area (Å²) in [5.41, 5.74) is 11.8. The van der Waals surface area contributed by atoms with Gasteiger partial charge in [0.15, 0.2) is 11.6 Å². The van der Waals surface area contributed by atoms with Gasteiger partial charge in [-0.3, -0.25) is 9.59 Å². The second-order valence-electron chi connectivity index (χ2n) is 4.32. The van der Waals surface area contributed by atoms with E-state index in [1.54, 1.807) is 0 Å². The molecular formula is C12H20N2O2. The van der Waals surface area contributed by atoms with Gasteiger partial charge in [0, 0.05) is 5.70 Å². The standard InChI is InChI=1S/C12H20N2O2/c1-3-5-7-9(13)10(14)12(16)8(6-4-2)11(7)15/h7-8H,3-6,13-14H2,1-2H3. The Kier molecular flexibility index (Phi) is 4.10. The number of carbonyl (C=O) groups is 2. The maximum atomic E-state index is 12.1. The largest absolute Gasteiger partial charge is 0.400 e. The van der Waals surface area contributed by atoms with Crippen molar-refractivity contribution in [2.24, 2.45) is 23.3 Å². The van der Waals surface area contributed by atoms with E-state index in [1.165, 1.54) is 0 Å². The van der Waals surface area contributed by atoms with Crippen molar-refractivity contribution < 1.29 is 9.59 Å². The second-order valence-corrected chi connectivity index (χ2v) is 4.32. The summed E-state index contributed by atoms with van der Waals surface area (Å²) >= 11 is 0. The number of nitrogens with two attached hydrogens (primary N) is 2. The van der Waals surface area contributed by atoms with E-state index in [9.17, 15) is 9.59 Å². The lowest BCUT2D eigenvalue weighted by atomic mass is 9.77. The Morgan fingerprint density at radius 3 is 2.00 bits per heavy atom. The minimum Gasteiger partial charge on any atom is -0.400 e. The molecule has 2 unspecified atom stereocenters. The summed E-state index contributed by atoms with van der Waals surface area (Å²) in [7, 11) is 0. The van der Waals surface area contributed by atoms with Crippen LogP contribution in [0.25, 0.3) is 0 Å². The van der Waals surface area contributed by atoms with E-state index in [0.717, 1.165) is 12.8 Å². The lowest BCUT2D eigenvalue weighted by Gasteiger charge is -2.27. The number of hydrogen-bond donors (Lipinski definition) is 2. The molecule has 1 rings (SSSR count). The third kappa shape index (κ3) is 2.10. The van der Waals surface area contributed by atoms with Crippen LogP contribution in [-0.2, 0) is 9.59 Å². The van der Waals surface area contributed by atoms with Crippen molar-refractivity contribution in [3.63, 3.8) is 0 Å². The fourth-order valence-electron chi connectivity index (χ4n) is 2.19. The number of allylic oxidation sites excluding steroid dienone is 2. The van der Waals surface area contributed by atoms with Gasteiger partial charge in [-0.05, 0) is 12.8 Å². The van der Waals surface area contributed by atoms with Crippen molar-refractivity contribution in [2.75, 3.05) is 0 Å². The van der Waals surface area contributed by atoms with Gasteiger partial charge in [-0.25, -0.2) is 0 Å². The van der Waals surface area contributed by atoms with Crippen molar-refractivity contribution in [3.8, 4) is 0 Å². The molecule has 4 N–H and O–H groups in total. The van der Waals surface area contributed by atoms with Crippen LogP contribution >= 0.6 is 0 Å². The monoisotopic (exact) mass is 224 g/mol. The quantitative estimate of drug-likeness (QED) is 0.700. The summed E-state index contributed by atoms with van der Waals surface area (Å²) in [6, 6.07) is 0. The van der Waals surface area contributed by atoms with Crippen LogP contribution in [0.5, 0.6) is 0 Å². The van der Waals surface area contributed by atoms with Gasteiger partial charge in [0.1, 0.15) is 0 Å². The predicted octanol–water partition coefficient (Wildman–Crippen LogP) is 1.10. The molecule has 0 heterocycles. The predicted molar refractivity (Wildman–Crippen MR) is 62.2 cm³/mol. The van der Waals surface area contributed by atoms with Crippen LogP contribution in [0.2, 0.25) is 0 Å². The Balaban J connectivity index is 3.04. The number of ketones is 2. The van der Waals surface area contributed by atoms with E-state index >= 15 is 0 Å². The molecule has 0 amide bonds. The maximum Gasteiger partial charge on any atom is 0.190 e. The van der Waals surface area contributed by atoms with Crippen molar-refractivity contribution in [1.29, 1.82) is 0 Å². The highest BCUT2D eigenvalue weighted by Gasteiger charge is 2.39. The highest BCUT2D eigenvalue weighted by atomic mass is 16.2. The van der Waals surface area contributed by atoms with Crippen LogP contribution in [0.1, 0.15) is 39.5 Å². The van der Waals surface area contributed by atoms with Crippen LogP contribution < -0.4 is 11.5 Å². The second kappa shape index (κ2) is 5.14. The van der Waals surface area contributed by atoms with Gasteiger partial charge in [-0.15, -0.1) is 0 Å². The molecule has 0 spiro atoms. The summed E-state index contributed by atoms with van der Waals surface area (Å²) in [6.07, 6.45) is 2.91. The maximum absolute atomic E-state index is 12.1. The molecule has 0 aromatic carbocycles. The highest BCUT2D eigenvalue weighted by Crippen LogP contribution is 2.29. The van der Waals surface area contributed by atoms with Crippen molar-refractivity contribution >= 4 is 11.6 Å². The SMILES string of the molecule is CCCC1C(=O)C(N)=C(N)C(CCC)C1=O. The lowest BCUT2D eigenvalue weighted by molar-refractivity contribution is -0.134. The van der Waals surface area contributed by atoms with E-state index in [1.807, 2.05) is 13.8 Å². The number of hydrogen-bond acceptors (Lipinski definition) is 4. The first-order valence-corrected chi connectivity index (χ1v) is 5.87. The fraction of sp³-hybridized carbons (Fsp3) is 0.667. The van der Waals surface area contributed by atoms with Gasteiger partial charge in [-0.1, -0.05) is 26.7 Å². The third-order valence-electron chi connectivity index (χ3n) is 3.11. The van der Waals surface area contributed by atoms with Crippen LogP contribution in [-0.4, -0.2) is 11.6 Å². The Bertz CT molecular complexity index is 334. The molecule has 1 aliphatic carbocycles. The first-order chi connectivity index (χ1) is 7.54. The summed E-state index contributed by atoms with van der Waals surface area (Å²) in [5.74, 6) is -1.23. The molecule has 4 nitrogen and oxygen atoms in total. The molecule has 4 heteroatoms.